The fourth-order valence-corrected chi connectivity index (χ4v) is 3.38. The van der Waals surface area contributed by atoms with E-state index in [-0.39, 0.29) is 6.04 Å². The number of carbonyl (C=O) groups excluding carboxylic acids is 1. The molecule has 3 nitrogen and oxygen atoms in total. The minimum atomic E-state index is 0.0466. The molecule has 1 amide bonds. The molecule has 0 bridgehead atoms. The van der Waals surface area contributed by atoms with E-state index in [1.807, 2.05) is 0 Å². The van der Waals surface area contributed by atoms with Gasteiger partial charge in [0.05, 0.1) is 12.7 Å². The van der Waals surface area contributed by atoms with Crippen LogP contribution in [0.1, 0.15) is 52.9 Å². The number of carbonyl (C=O) groups is 1. The van der Waals surface area contributed by atoms with E-state index in [1.165, 1.54) is 32.1 Å². The molecule has 1 saturated heterocycles. The summed E-state index contributed by atoms with van der Waals surface area (Å²) in [5, 5.41) is 3.35. The van der Waals surface area contributed by atoms with E-state index in [9.17, 15) is 4.79 Å². The molecule has 3 heteroatoms. The highest BCUT2D eigenvalue weighted by Crippen LogP contribution is 2.41. The van der Waals surface area contributed by atoms with E-state index < -0.39 is 0 Å². The lowest BCUT2D eigenvalue weighted by Gasteiger charge is -2.32. The van der Waals surface area contributed by atoms with Gasteiger partial charge in [-0.25, -0.2) is 0 Å². The summed E-state index contributed by atoms with van der Waals surface area (Å²) < 4.78 is 0. The minimum absolute atomic E-state index is 0.0466. The molecule has 2 aliphatic rings. The number of rotatable bonds is 4. The molecule has 1 aliphatic carbocycles. The second-order valence-electron chi connectivity index (χ2n) is 6.18. The lowest BCUT2D eigenvalue weighted by atomic mass is 9.83. The van der Waals surface area contributed by atoms with Crippen molar-refractivity contribution in [1.82, 2.24) is 10.2 Å². The van der Waals surface area contributed by atoms with Crippen molar-refractivity contribution in [2.24, 2.45) is 11.3 Å². The molecule has 1 aliphatic heterocycles. The molecule has 0 aromatic rings. The zero-order valence-corrected chi connectivity index (χ0v) is 11.5. The summed E-state index contributed by atoms with van der Waals surface area (Å²) in [5.74, 6) is 0.716. The minimum Gasteiger partial charge on any atom is -0.328 e. The van der Waals surface area contributed by atoms with Gasteiger partial charge < -0.3 is 4.90 Å². The van der Waals surface area contributed by atoms with E-state index in [0.717, 1.165) is 13.2 Å². The summed E-state index contributed by atoms with van der Waals surface area (Å²) in [6, 6.07) is 0.0466. The van der Waals surface area contributed by atoms with Crippen LogP contribution >= 0.6 is 0 Å². The first-order valence-electron chi connectivity index (χ1n) is 7.10. The maximum Gasteiger partial charge on any atom is 0.241 e. The monoisotopic (exact) mass is 238 g/mol. The van der Waals surface area contributed by atoms with Gasteiger partial charge >= 0.3 is 0 Å². The summed E-state index contributed by atoms with van der Waals surface area (Å²) in [6.07, 6.45) is 6.51. The van der Waals surface area contributed by atoms with E-state index in [2.05, 4.69) is 31.0 Å². The van der Waals surface area contributed by atoms with Gasteiger partial charge in [0, 0.05) is 6.54 Å². The van der Waals surface area contributed by atoms with Crippen LogP contribution in [0.5, 0.6) is 0 Å². The molecule has 1 atom stereocenters. The lowest BCUT2D eigenvalue weighted by Crippen LogP contribution is -2.39. The summed E-state index contributed by atoms with van der Waals surface area (Å²) in [6.45, 7) is 8.23. The van der Waals surface area contributed by atoms with Crippen molar-refractivity contribution in [1.29, 1.82) is 0 Å². The second kappa shape index (κ2) is 4.97. The van der Waals surface area contributed by atoms with Crippen LogP contribution in [-0.2, 0) is 4.79 Å². The number of hydrogen-bond donors (Lipinski definition) is 1. The number of nitrogens with one attached hydrogen (secondary N) is 1. The lowest BCUT2D eigenvalue weighted by molar-refractivity contribution is -0.131. The van der Waals surface area contributed by atoms with Crippen LogP contribution in [0.15, 0.2) is 0 Å². The van der Waals surface area contributed by atoms with Gasteiger partial charge in [0.15, 0.2) is 0 Å². The van der Waals surface area contributed by atoms with Crippen LogP contribution in [0.3, 0.4) is 0 Å². The van der Waals surface area contributed by atoms with Gasteiger partial charge in [-0.3, -0.25) is 10.1 Å². The van der Waals surface area contributed by atoms with Crippen molar-refractivity contribution < 1.29 is 4.79 Å². The van der Waals surface area contributed by atoms with Crippen molar-refractivity contribution in [2.45, 2.75) is 58.9 Å². The van der Waals surface area contributed by atoms with E-state index in [4.69, 9.17) is 0 Å². The SMILES string of the molecule is CCC1(CN2CNC(C(C)C)C2=O)CCCC1. The van der Waals surface area contributed by atoms with Gasteiger partial charge in [0.2, 0.25) is 5.91 Å². The third-order valence-electron chi connectivity index (χ3n) is 4.69. The van der Waals surface area contributed by atoms with Gasteiger partial charge in [-0.2, -0.15) is 0 Å². The average molecular weight is 238 g/mol. The largest absolute Gasteiger partial charge is 0.328 e. The predicted molar refractivity (Wildman–Crippen MR) is 69.5 cm³/mol. The maximum atomic E-state index is 12.3. The summed E-state index contributed by atoms with van der Waals surface area (Å²) in [4.78, 5) is 14.3. The third kappa shape index (κ3) is 2.49. The zero-order chi connectivity index (χ0) is 12.5. The quantitative estimate of drug-likeness (QED) is 0.815. The number of amides is 1. The van der Waals surface area contributed by atoms with E-state index in [1.54, 1.807) is 0 Å². The Bertz CT molecular complexity index is 282. The zero-order valence-electron chi connectivity index (χ0n) is 11.5. The normalized spacial score (nSPS) is 28.4. The van der Waals surface area contributed by atoms with Crippen molar-refractivity contribution in [3.05, 3.63) is 0 Å². The van der Waals surface area contributed by atoms with Crippen molar-refractivity contribution in [3.63, 3.8) is 0 Å². The maximum absolute atomic E-state index is 12.3. The Morgan fingerprint density at radius 3 is 2.53 bits per heavy atom. The number of hydrogen-bond acceptors (Lipinski definition) is 2. The molecular weight excluding hydrogens is 212 g/mol. The Kier molecular flexibility index (Phi) is 3.76. The smallest absolute Gasteiger partial charge is 0.241 e. The Morgan fingerprint density at radius 1 is 1.41 bits per heavy atom. The molecule has 1 unspecified atom stereocenters. The van der Waals surface area contributed by atoms with Crippen LogP contribution < -0.4 is 5.32 Å². The highest BCUT2D eigenvalue weighted by Gasteiger charge is 2.39. The Hall–Kier alpha value is -0.570. The summed E-state index contributed by atoms with van der Waals surface area (Å²) >= 11 is 0. The summed E-state index contributed by atoms with van der Waals surface area (Å²) in [7, 11) is 0. The molecule has 0 aromatic heterocycles. The topological polar surface area (TPSA) is 32.3 Å². The van der Waals surface area contributed by atoms with E-state index >= 15 is 0 Å². The van der Waals surface area contributed by atoms with Crippen LogP contribution in [0.25, 0.3) is 0 Å². The molecule has 1 N–H and O–H groups in total. The fourth-order valence-electron chi connectivity index (χ4n) is 3.38. The first-order chi connectivity index (χ1) is 8.08. The highest BCUT2D eigenvalue weighted by molar-refractivity contribution is 5.84. The molecule has 98 valence electrons. The Balaban J connectivity index is 1.98. The van der Waals surface area contributed by atoms with Crippen molar-refractivity contribution in [2.75, 3.05) is 13.2 Å². The van der Waals surface area contributed by atoms with Crippen LogP contribution in [0.2, 0.25) is 0 Å². The summed E-state index contributed by atoms with van der Waals surface area (Å²) in [5.41, 5.74) is 0.420. The molecule has 0 radical (unpaired) electrons. The van der Waals surface area contributed by atoms with Crippen molar-refractivity contribution >= 4 is 5.91 Å². The molecule has 0 spiro atoms. The van der Waals surface area contributed by atoms with Gasteiger partial charge in [-0.1, -0.05) is 33.6 Å². The molecule has 2 fully saturated rings. The standard InChI is InChI=1S/C14H26N2O/c1-4-14(7-5-6-8-14)9-16-10-15-12(11(2)3)13(16)17/h11-12,15H,4-10H2,1-3H3. The molecule has 17 heavy (non-hydrogen) atoms. The number of nitrogens with zero attached hydrogens (tertiary/aromatic N) is 1. The molecule has 1 saturated carbocycles. The Labute approximate surface area is 105 Å². The average Bonchev–Trinajstić information content (AvgIpc) is 2.89. The molecule has 2 rings (SSSR count). The van der Waals surface area contributed by atoms with Crippen LogP contribution in [-0.4, -0.2) is 30.1 Å². The van der Waals surface area contributed by atoms with E-state index in [0.29, 0.717) is 17.2 Å². The van der Waals surface area contributed by atoms with Crippen LogP contribution in [0, 0.1) is 11.3 Å². The third-order valence-corrected chi connectivity index (χ3v) is 4.69. The van der Waals surface area contributed by atoms with Gasteiger partial charge in [0.1, 0.15) is 0 Å². The fraction of sp³-hybridized carbons (Fsp3) is 0.929. The first-order valence-corrected chi connectivity index (χ1v) is 7.10. The molecular formula is C14H26N2O. The van der Waals surface area contributed by atoms with Gasteiger partial charge in [-0.05, 0) is 30.6 Å². The molecule has 0 aromatic carbocycles. The first kappa shape index (κ1) is 12.9. The second-order valence-corrected chi connectivity index (χ2v) is 6.18. The predicted octanol–water partition coefficient (Wildman–Crippen LogP) is 2.37. The highest BCUT2D eigenvalue weighted by atomic mass is 16.2. The molecule has 1 heterocycles. The Morgan fingerprint density at radius 2 is 2.06 bits per heavy atom. The van der Waals surface area contributed by atoms with Crippen molar-refractivity contribution in [3.8, 4) is 0 Å². The van der Waals surface area contributed by atoms with Gasteiger partial charge in [-0.15, -0.1) is 0 Å². The van der Waals surface area contributed by atoms with Gasteiger partial charge in [0.25, 0.3) is 0 Å². The van der Waals surface area contributed by atoms with Crippen LogP contribution in [0.4, 0.5) is 0 Å².